The van der Waals surface area contributed by atoms with Crippen molar-refractivity contribution in [2.45, 2.75) is 58.5 Å². The molecule has 2 fully saturated rings. The number of carboxylic acids is 1. The van der Waals surface area contributed by atoms with Gasteiger partial charge in [0.2, 0.25) is 0 Å². The lowest BCUT2D eigenvalue weighted by Crippen LogP contribution is -2.46. The number of hydrogen-bond donors (Lipinski definition) is 4. The molecule has 0 saturated carbocycles. The normalized spacial score (nSPS) is 15.7. The molecule has 0 unspecified atom stereocenters. The van der Waals surface area contributed by atoms with Crippen LogP contribution >= 0.6 is 11.8 Å². The second-order valence-electron chi connectivity index (χ2n) is 17.8. The van der Waals surface area contributed by atoms with Crippen LogP contribution in [-0.2, 0) is 26.9 Å². The zero-order valence-corrected chi connectivity index (χ0v) is 41.7. The van der Waals surface area contributed by atoms with Crippen molar-refractivity contribution in [2.24, 2.45) is 7.05 Å². The van der Waals surface area contributed by atoms with Crippen molar-refractivity contribution in [3.63, 3.8) is 0 Å². The summed E-state index contributed by atoms with van der Waals surface area (Å²) in [5.74, 6) is -2.00. The number of sulfonamides is 1. The van der Waals surface area contributed by atoms with E-state index in [1.165, 1.54) is 54.2 Å². The molecule has 5 aromatic carbocycles. The molecule has 0 aliphatic carbocycles. The highest BCUT2D eigenvalue weighted by molar-refractivity contribution is 7.99. The van der Waals surface area contributed by atoms with Gasteiger partial charge in [-0.2, -0.15) is 13.2 Å². The molecule has 72 heavy (non-hydrogen) atoms. The minimum absolute atomic E-state index is 0.0683. The lowest BCUT2D eigenvalue weighted by atomic mass is 9.95. The molecule has 4 N–H and O–H groups in total. The Morgan fingerprint density at radius 2 is 1.43 bits per heavy atom. The fraction of sp³-hybridized carbons (Fsp3) is 0.314. The highest BCUT2D eigenvalue weighted by atomic mass is 32.2. The van der Waals surface area contributed by atoms with Gasteiger partial charge in [0.1, 0.15) is 16.5 Å². The Morgan fingerprint density at radius 3 is 2.06 bits per heavy atom. The summed E-state index contributed by atoms with van der Waals surface area (Å²) < 4.78 is 130. The average Bonchev–Trinajstić information content (AvgIpc) is 3.62. The number of aromatic carboxylic acids is 1. The molecule has 382 valence electrons. The first kappa shape index (κ1) is 52.2. The van der Waals surface area contributed by atoms with E-state index in [-0.39, 0.29) is 22.4 Å². The van der Waals surface area contributed by atoms with Crippen LogP contribution in [0.5, 0.6) is 0 Å². The van der Waals surface area contributed by atoms with Crippen molar-refractivity contribution >= 4 is 60.3 Å². The number of nitrogens with one attached hydrogen (secondary N) is 2. The third-order valence-corrected chi connectivity index (χ3v) is 17.2. The molecule has 0 bridgehead atoms. The minimum atomic E-state index is -6.05. The maximum absolute atomic E-state index is 15.8. The number of aliphatic hydroxyl groups excluding tert-OH is 1. The molecule has 13 nitrogen and oxygen atoms in total. The van der Waals surface area contributed by atoms with E-state index in [1.807, 2.05) is 40.1 Å². The van der Waals surface area contributed by atoms with E-state index in [9.17, 15) is 49.4 Å². The lowest BCUT2D eigenvalue weighted by molar-refractivity contribution is -0.0436. The van der Waals surface area contributed by atoms with Gasteiger partial charge in [0, 0.05) is 103 Å². The molecule has 8 rings (SSSR count). The standard InChI is InChI=1S/C51H53F5N6O7S3/c1-33-47(50(64)65)48(49(59(33)2)34-8-10-35(52)11-9-34)43-30-39(16-18-44(43)53)62-28-26-61(27-29-62)38-14-12-36(13-15-38)58-72(68,69)42-17-19-45(46(31-42)71(66,67)51(54,55)56)57-37(32-70-41-6-4-3-5-7-41)20-23-60-24-21-40(63)22-25-60/h3-19,30-31,37,40,57-58,63H,20-29,32H2,1-2H3,(H,64,65)/t37-/m1/s1. The Bertz CT molecular complexity index is 3130. The summed E-state index contributed by atoms with van der Waals surface area (Å²) in [6.07, 6.45) is 1.18. The fourth-order valence-corrected chi connectivity index (χ4v) is 12.2. The van der Waals surface area contributed by atoms with E-state index in [0.717, 1.165) is 22.7 Å². The molecule has 0 radical (unpaired) electrons. The summed E-state index contributed by atoms with van der Waals surface area (Å²) in [6, 6.07) is 27.7. The molecule has 2 aliphatic heterocycles. The van der Waals surface area contributed by atoms with Gasteiger partial charge in [-0.25, -0.2) is 30.4 Å². The predicted molar refractivity (Wildman–Crippen MR) is 270 cm³/mol. The summed E-state index contributed by atoms with van der Waals surface area (Å²) in [5, 5.41) is 23.3. The second kappa shape index (κ2) is 21.5. The van der Waals surface area contributed by atoms with Crippen molar-refractivity contribution < 1.29 is 53.8 Å². The molecule has 2 saturated heterocycles. The lowest BCUT2D eigenvalue weighted by Gasteiger charge is -2.37. The molecule has 0 spiro atoms. The number of carboxylic acid groups (broad SMARTS) is 1. The topological polar surface area (TPSA) is 165 Å². The summed E-state index contributed by atoms with van der Waals surface area (Å²) in [4.78, 5) is 17.8. The van der Waals surface area contributed by atoms with Crippen LogP contribution in [0.4, 0.5) is 44.7 Å². The fourth-order valence-electron chi connectivity index (χ4n) is 9.10. The maximum atomic E-state index is 15.8. The van der Waals surface area contributed by atoms with Gasteiger partial charge in [0.05, 0.1) is 27.9 Å². The van der Waals surface area contributed by atoms with E-state index in [0.29, 0.717) is 99.5 Å². The highest BCUT2D eigenvalue weighted by Gasteiger charge is 2.48. The Balaban J connectivity index is 0.969. The van der Waals surface area contributed by atoms with E-state index in [1.54, 1.807) is 42.8 Å². The summed E-state index contributed by atoms with van der Waals surface area (Å²) in [5.41, 5.74) is -3.21. The number of likely N-dealkylation sites (tertiary alicyclic amines) is 1. The van der Waals surface area contributed by atoms with Crippen LogP contribution in [0.15, 0.2) is 130 Å². The quantitative estimate of drug-likeness (QED) is 0.0506. The number of nitrogens with zero attached hydrogens (tertiary/aromatic N) is 4. The van der Waals surface area contributed by atoms with Crippen molar-refractivity contribution in [2.75, 3.05) is 71.4 Å². The summed E-state index contributed by atoms with van der Waals surface area (Å²) >= 11 is 1.43. The molecular formula is C51H53F5N6O7S3. The van der Waals surface area contributed by atoms with Crippen LogP contribution in [0.3, 0.4) is 0 Å². The number of halogens is 5. The smallest absolute Gasteiger partial charge is 0.478 e. The number of anilines is 4. The van der Waals surface area contributed by atoms with Gasteiger partial charge in [-0.15, -0.1) is 11.8 Å². The van der Waals surface area contributed by atoms with Crippen LogP contribution in [-0.4, -0.2) is 112 Å². The first-order valence-corrected chi connectivity index (χ1v) is 27.1. The van der Waals surface area contributed by atoms with Crippen LogP contribution < -0.4 is 19.8 Å². The third-order valence-electron chi connectivity index (χ3n) is 13.1. The predicted octanol–water partition coefficient (Wildman–Crippen LogP) is 9.48. The van der Waals surface area contributed by atoms with Crippen molar-refractivity contribution in [1.29, 1.82) is 0 Å². The number of alkyl halides is 3. The number of rotatable bonds is 17. The Morgan fingerprint density at radius 1 is 0.806 bits per heavy atom. The zero-order chi connectivity index (χ0) is 51.5. The van der Waals surface area contributed by atoms with E-state index >= 15 is 4.39 Å². The van der Waals surface area contributed by atoms with Crippen molar-refractivity contribution in [3.8, 4) is 22.4 Å². The maximum Gasteiger partial charge on any atom is 0.501 e. The summed E-state index contributed by atoms with van der Waals surface area (Å²) in [6.45, 7) is 5.31. The molecule has 1 aromatic heterocycles. The molecule has 1 atom stereocenters. The molecule has 2 aliphatic rings. The largest absolute Gasteiger partial charge is 0.501 e. The van der Waals surface area contributed by atoms with Crippen molar-refractivity contribution in [1.82, 2.24) is 9.47 Å². The van der Waals surface area contributed by atoms with E-state index in [4.69, 9.17) is 0 Å². The second-order valence-corrected chi connectivity index (χ2v) is 22.5. The average molecular weight is 1050 g/mol. The Kier molecular flexibility index (Phi) is 15.6. The van der Waals surface area contributed by atoms with E-state index in [2.05, 4.69) is 14.9 Å². The number of thioether (sulfide) groups is 1. The molecule has 21 heteroatoms. The van der Waals surface area contributed by atoms with Gasteiger partial charge >= 0.3 is 11.5 Å². The Hall–Kier alpha value is -6.13. The molecule has 0 amide bonds. The van der Waals surface area contributed by atoms with Crippen LogP contribution in [0.2, 0.25) is 0 Å². The van der Waals surface area contributed by atoms with Gasteiger partial charge in [0.25, 0.3) is 19.9 Å². The van der Waals surface area contributed by atoms with Gasteiger partial charge in [-0.05, 0) is 129 Å². The number of benzene rings is 5. The number of aromatic nitrogens is 1. The Labute approximate surface area is 419 Å². The van der Waals surface area contributed by atoms with Gasteiger partial charge in [0.15, 0.2) is 0 Å². The summed E-state index contributed by atoms with van der Waals surface area (Å²) in [7, 11) is -9.01. The SMILES string of the molecule is Cc1c(C(=O)O)c(-c2cc(N3CCN(c4ccc(NS(=O)(=O)c5ccc(N[C@H](CCN6CCC(O)CC6)CSc6ccccc6)c(S(=O)(=O)C(F)(F)F)c5)cc4)CC3)ccc2F)c(-c2ccc(F)cc2)n1C. The third kappa shape index (κ3) is 11.5. The molecular weight excluding hydrogens is 1000 g/mol. The van der Waals surface area contributed by atoms with Crippen LogP contribution in [0, 0.1) is 18.6 Å². The monoisotopic (exact) mass is 1050 g/mol. The van der Waals surface area contributed by atoms with Gasteiger partial charge < -0.3 is 34.8 Å². The first-order chi connectivity index (χ1) is 34.2. The number of aliphatic hydroxyl groups is 1. The zero-order valence-electron chi connectivity index (χ0n) is 39.2. The number of piperidine rings is 1. The number of carbonyl (C=O) groups is 1. The first-order valence-electron chi connectivity index (χ1n) is 23.1. The van der Waals surface area contributed by atoms with E-state index < -0.39 is 70.6 Å². The van der Waals surface area contributed by atoms with Gasteiger partial charge in [-0.1, -0.05) is 18.2 Å². The molecule has 3 heterocycles. The van der Waals surface area contributed by atoms with Crippen LogP contribution in [0.1, 0.15) is 35.3 Å². The number of piperazine rings is 1. The minimum Gasteiger partial charge on any atom is -0.478 e. The van der Waals surface area contributed by atoms with Crippen LogP contribution in [0.25, 0.3) is 22.4 Å². The number of hydrogen-bond acceptors (Lipinski definition) is 11. The molecule has 6 aromatic rings. The highest BCUT2D eigenvalue weighted by Crippen LogP contribution is 2.42. The van der Waals surface area contributed by atoms with Crippen molar-refractivity contribution in [3.05, 3.63) is 138 Å². The number of sulfone groups is 1. The van der Waals surface area contributed by atoms with Gasteiger partial charge in [-0.3, -0.25) is 4.72 Å².